The number of methoxy groups -OCH3 is 1. The Morgan fingerprint density at radius 3 is 2.78 bits per heavy atom. The van der Waals surface area contributed by atoms with Crippen molar-refractivity contribution in [3.63, 3.8) is 0 Å². The fraction of sp³-hybridized carbons (Fsp3) is 0.154. The lowest BCUT2D eigenvalue weighted by molar-refractivity contribution is 0.415. The molecule has 0 radical (unpaired) electrons. The summed E-state index contributed by atoms with van der Waals surface area (Å²) in [5.74, 6) is 1.35. The van der Waals surface area contributed by atoms with Crippen molar-refractivity contribution >= 4 is 28.8 Å². The molecule has 0 saturated carbocycles. The lowest BCUT2D eigenvalue weighted by atomic mass is 10.2. The molecule has 0 saturated heterocycles. The summed E-state index contributed by atoms with van der Waals surface area (Å²) in [7, 11) is 1.58. The van der Waals surface area contributed by atoms with Crippen LogP contribution in [0.25, 0.3) is 0 Å². The van der Waals surface area contributed by atoms with Crippen molar-refractivity contribution in [3.8, 4) is 5.75 Å². The number of rotatable bonds is 3. The highest BCUT2D eigenvalue weighted by molar-refractivity contribution is 6.32. The average Bonchev–Trinajstić information content (AvgIpc) is 2.36. The van der Waals surface area contributed by atoms with Crippen molar-refractivity contribution in [3.05, 3.63) is 41.0 Å². The average molecular weight is 264 g/mol. The first-order chi connectivity index (χ1) is 8.60. The molecule has 0 fully saturated rings. The van der Waals surface area contributed by atoms with E-state index < -0.39 is 0 Å². The van der Waals surface area contributed by atoms with Crippen molar-refractivity contribution in [2.75, 3.05) is 18.2 Å². The normalized spacial score (nSPS) is 10.2. The van der Waals surface area contributed by atoms with Crippen LogP contribution in [0.15, 0.2) is 30.5 Å². The molecule has 94 valence electrons. The number of aromatic nitrogens is 1. The highest BCUT2D eigenvalue weighted by atomic mass is 35.5. The third kappa shape index (κ3) is 2.65. The number of pyridine rings is 1. The summed E-state index contributed by atoms with van der Waals surface area (Å²) in [6.07, 6.45) is 1.63. The van der Waals surface area contributed by atoms with Gasteiger partial charge in [-0.25, -0.2) is 4.98 Å². The van der Waals surface area contributed by atoms with E-state index in [1.807, 2.05) is 25.1 Å². The maximum Gasteiger partial charge on any atom is 0.139 e. The molecule has 1 heterocycles. The van der Waals surface area contributed by atoms with Crippen molar-refractivity contribution in [1.82, 2.24) is 4.98 Å². The number of benzene rings is 1. The number of hydrogen-bond acceptors (Lipinski definition) is 4. The van der Waals surface area contributed by atoms with Crippen LogP contribution in [0.1, 0.15) is 5.56 Å². The van der Waals surface area contributed by atoms with Gasteiger partial charge in [0.1, 0.15) is 11.6 Å². The predicted molar refractivity (Wildman–Crippen MR) is 74.7 cm³/mol. The molecule has 18 heavy (non-hydrogen) atoms. The lowest BCUT2D eigenvalue weighted by Crippen LogP contribution is -1.97. The predicted octanol–water partition coefficient (Wildman–Crippen LogP) is 3.38. The van der Waals surface area contributed by atoms with Crippen LogP contribution < -0.4 is 15.8 Å². The number of anilines is 3. The van der Waals surface area contributed by atoms with Gasteiger partial charge in [-0.2, -0.15) is 0 Å². The number of ether oxygens (including phenoxy) is 1. The van der Waals surface area contributed by atoms with Gasteiger partial charge in [0.2, 0.25) is 0 Å². The van der Waals surface area contributed by atoms with Crippen LogP contribution in [-0.4, -0.2) is 12.1 Å². The molecule has 5 heteroatoms. The van der Waals surface area contributed by atoms with Gasteiger partial charge >= 0.3 is 0 Å². The number of nitrogens with two attached hydrogens (primary N) is 1. The Hall–Kier alpha value is -1.94. The molecule has 0 amide bonds. The Morgan fingerprint density at radius 2 is 2.11 bits per heavy atom. The molecule has 0 aliphatic rings. The summed E-state index contributed by atoms with van der Waals surface area (Å²) in [5.41, 5.74) is 8.23. The molecule has 0 spiro atoms. The standard InChI is InChI=1S/C13H14ClN3O/c1-8-5-13(16-7-11(8)15)17-9-3-4-10(14)12(6-9)18-2/h3-7H,15H2,1-2H3,(H,16,17). The maximum atomic E-state index is 5.96. The molecule has 0 aliphatic carbocycles. The van der Waals surface area contributed by atoms with Crippen molar-refractivity contribution < 1.29 is 4.74 Å². The largest absolute Gasteiger partial charge is 0.495 e. The second-order valence-corrected chi connectivity index (χ2v) is 4.31. The smallest absolute Gasteiger partial charge is 0.139 e. The molecular weight excluding hydrogens is 250 g/mol. The molecule has 2 rings (SSSR count). The van der Waals surface area contributed by atoms with Gasteiger partial charge < -0.3 is 15.8 Å². The van der Waals surface area contributed by atoms with E-state index in [9.17, 15) is 0 Å². The molecule has 1 aromatic carbocycles. The van der Waals surface area contributed by atoms with E-state index in [4.69, 9.17) is 22.1 Å². The van der Waals surface area contributed by atoms with E-state index >= 15 is 0 Å². The van der Waals surface area contributed by atoms with Gasteiger partial charge in [-0.15, -0.1) is 0 Å². The Morgan fingerprint density at radius 1 is 1.33 bits per heavy atom. The minimum Gasteiger partial charge on any atom is -0.495 e. The molecule has 4 nitrogen and oxygen atoms in total. The topological polar surface area (TPSA) is 60.2 Å². The van der Waals surface area contributed by atoms with Crippen LogP contribution in [0, 0.1) is 6.92 Å². The summed E-state index contributed by atoms with van der Waals surface area (Å²) in [5, 5.41) is 3.74. The molecule has 3 N–H and O–H groups in total. The Labute approximate surface area is 111 Å². The van der Waals surface area contributed by atoms with E-state index in [1.165, 1.54) is 0 Å². The minimum atomic E-state index is 0.574. The molecule has 0 unspecified atom stereocenters. The first-order valence-electron chi connectivity index (χ1n) is 5.43. The second kappa shape index (κ2) is 5.14. The molecule has 0 bridgehead atoms. The van der Waals surface area contributed by atoms with Crippen LogP contribution in [0.2, 0.25) is 5.02 Å². The monoisotopic (exact) mass is 263 g/mol. The number of halogens is 1. The summed E-state index contributed by atoms with van der Waals surface area (Å²) in [4.78, 5) is 4.20. The van der Waals surface area contributed by atoms with Crippen LogP contribution >= 0.6 is 11.6 Å². The fourth-order valence-corrected chi connectivity index (χ4v) is 1.72. The van der Waals surface area contributed by atoms with Gasteiger partial charge in [0.05, 0.1) is 24.0 Å². The highest BCUT2D eigenvalue weighted by Gasteiger charge is 2.03. The molecule has 0 atom stereocenters. The maximum absolute atomic E-state index is 5.96. The van der Waals surface area contributed by atoms with Gasteiger partial charge in [-0.05, 0) is 30.7 Å². The third-order valence-electron chi connectivity index (χ3n) is 2.57. The van der Waals surface area contributed by atoms with E-state index in [-0.39, 0.29) is 0 Å². The van der Waals surface area contributed by atoms with E-state index in [0.29, 0.717) is 16.5 Å². The van der Waals surface area contributed by atoms with E-state index in [0.717, 1.165) is 17.1 Å². The Kier molecular flexibility index (Phi) is 3.58. The zero-order valence-electron chi connectivity index (χ0n) is 10.2. The fourth-order valence-electron chi connectivity index (χ4n) is 1.52. The van der Waals surface area contributed by atoms with Crippen molar-refractivity contribution in [2.45, 2.75) is 6.92 Å². The van der Waals surface area contributed by atoms with Gasteiger partial charge in [-0.3, -0.25) is 0 Å². The third-order valence-corrected chi connectivity index (χ3v) is 2.89. The van der Waals surface area contributed by atoms with Crippen LogP contribution in [-0.2, 0) is 0 Å². The first-order valence-corrected chi connectivity index (χ1v) is 5.80. The highest BCUT2D eigenvalue weighted by Crippen LogP contribution is 2.28. The molecule has 1 aromatic heterocycles. The Balaban J connectivity index is 2.25. The van der Waals surface area contributed by atoms with Crippen LogP contribution in [0.5, 0.6) is 5.75 Å². The zero-order valence-corrected chi connectivity index (χ0v) is 11.0. The number of nitrogens with zero attached hydrogens (tertiary/aromatic N) is 1. The second-order valence-electron chi connectivity index (χ2n) is 3.90. The van der Waals surface area contributed by atoms with Gasteiger partial charge in [0.15, 0.2) is 0 Å². The number of nitrogen functional groups attached to an aromatic ring is 1. The number of nitrogens with one attached hydrogen (secondary N) is 1. The summed E-state index contributed by atoms with van der Waals surface area (Å²) in [6.45, 7) is 1.94. The van der Waals surface area contributed by atoms with Gasteiger partial charge in [0, 0.05) is 11.8 Å². The van der Waals surface area contributed by atoms with E-state index in [1.54, 1.807) is 19.4 Å². The molecular formula is C13H14ClN3O. The van der Waals surface area contributed by atoms with Gasteiger partial charge in [0.25, 0.3) is 0 Å². The first kappa shape index (κ1) is 12.5. The summed E-state index contributed by atoms with van der Waals surface area (Å²) >= 11 is 5.96. The van der Waals surface area contributed by atoms with Gasteiger partial charge in [-0.1, -0.05) is 11.6 Å². The Bertz CT molecular complexity index is 572. The zero-order chi connectivity index (χ0) is 13.1. The molecule has 0 aliphatic heterocycles. The van der Waals surface area contributed by atoms with Crippen molar-refractivity contribution in [1.29, 1.82) is 0 Å². The SMILES string of the molecule is COc1cc(Nc2cc(C)c(N)cn2)ccc1Cl. The number of aryl methyl sites for hydroxylation is 1. The number of hydrogen-bond donors (Lipinski definition) is 2. The van der Waals surface area contributed by atoms with Crippen LogP contribution in [0.3, 0.4) is 0 Å². The molecule has 2 aromatic rings. The summed E-state index contributed by atoms with van der Waals surface area (Å²) in [6, 6.07) is 7.33. The van der Waals surface area contributed by atoms with E-state index in [2.05, 4.69) is 10.3 Å². The van der Waals surface area contributed by atoms with Crippen LogP contribution in [0.4, 0.5) is 17.2 Å². The lowest BCUT2D eigenvalue weighted by Gasteiger charge is -2.09. The quantitative estimate of drug-likeness (QED) is 0.891. The summed E-state index contributed by atoms with van der Waals surface area (Å²) < 4.78 is 5.15. The minimum absolute atomic E-state index is 0.574. The van der Waals surface area contributed by atoms with Crippen molar-refractivity contribution in [2.24, 2.45) is 0 Å².